The van der Waals surface area contributed by atoms with E-state index in [1.165, 1.54) is 4.90 Å². The molecule has 3 amide bonds. The molecule has 2 aromatic rings. The smallest absolute Gasteiger partial charge is 0.255 e. The van der Waals surface area contributed by atoms with Crippen LogP contribution in [0.25, 0.3) is 0 Å². The number of anilines is 2. The second-order valence-corrected chi connectivity index (χ2v) is 9.61. The van der Waals surface area contributed by atoms with Crippen molar-refractivity contribution in [3.63, 3.8) is 0 Å². The van der Waals surface area contributed by atoms with Crippen LogP contribution >= 0.6 is 23.2 Å². The Morgan fingerprint density at radius 3 is 2.06 bits per heavy atom. The van der Waals surface area contributed by atoms with Crippen LogP contribution < -0.4 is 10.2 Å². The Labute approximate surface area is 189 Å². The first-order chi connectivity index (χ1) is 14.9. The first kappa shape index (κ1) is 19.1. The molecule has 31 heavy (non-hydrogen) atoms. The molecule has 3 fully saturated rings. The zero-order valence-electron chi connectivity index (χ0n) is 16.3. The van der Waals surface area contributed by atoms with Crippen LogP contribution in [0.2, 0.25) is 10.0 Å². The van der Waals surface area contributed by atoms with E-state index in [1.807, 2.05) is 0 Å². The number of rotatable bonds is 3. The van der Waals surface area contributed by atoms with E-state index in [2.05, 4.69) is 17.5 Å². The maximum absolute atomic E-state index is 13.2. The molecule has 0 radical (unpaired) electrons. The van der Waals surface area contributed by atoms with Gasteiger partial charge in [-0.2, -0.15) is 0 Å². The fraction of sp³-hybridized carbons (Fsp3) is 0.292. The quantitative estimate of drug-likeness (QED) is 0.536. The number of nitrogens with one attached hydrogen (secondary N) is 1. The van der Waals surface area contributed by atoms with Gasteiger partial charge in [-0.15, -0.1) is 0 Å². The Hall–Kier alpha value is -2.63. The van der Waals surface area contributed by atoms with Crippen molar-refractivity contribution in [2.45, 2.75) is 6.42 Å². The summed E-state index contributed by atoms with van der Waals surface area (Å²) in [5.41, 5.74) is 1.46. The predicted octanol–water partition coefficient (Wildman–Crippen LogP) is 4.80. The molecule has 0 spiro atoms. The van der Waals surface area contributed by atoms with Crippen LogP contribution in [0, 0.1) is 35.5 Å². The molecule has 2 saturated carbocycles. The molecule has 156 valence electrons. The van der Waals surface area contributed by atoms with E-state index in [4.69, 9.17) is 23.2 Å². The lowest BCUT2D eigenvalue weighted by Gasteiger charge is -2.37. The van der Waals surface area contributed by atoms with Crippen LogP contribution in [0.15, 0.2) is 54.6 Å². The van der Waals surface area contributed by atoms with Gasteiger partial charge in [-0.3, -0.25) is 19.3 Å². The summed E-state index contributed by atoms with van der Waals surface area (Å²) in [5.74, 6) is 0.532. The average molecular weight is 453 g/mol. The summed E-state index contributed by atoms with van der Waals surface area (Å²) in [7, 11) is 0. The number of hydrogen-bond donors (Lipinski definition) is 1. The topological polar surface area (TPSA) is 66.5 Å². The Kier molecular flexibility index (Phi) is 4.11. The molecule has 7 rings (SSSR count). The summed E-state index contributed by atoms with van der Waals surface area (Å²) in [4.78, 5) is 40.3. The van der Waals surface area contributed by atoms with Gasteiger partial charge in [0.25, 0.3) is 5.91 Å². The van der Waals surface area contributed by atoms with Gasteiger partial charge < -0.3 is 5.32 Å². The van der Waals surface area contributed by atoms with E-state index in [0.29, 0.717) is 38.8 Å². The maximum atomic E-state index is 13.2. The maximum Gasteiger partial charge on any atom is 0.255 e. The van der Waals surface area contributed by atoms with Crippen LogP contribution in [0.1, 0.15) is 16.8 Å². The lowest BCUT2D eigenvalue weighted by Crippen LogP contribution is -2.40. The first-order valence-corrected chi connectivity index (χ1v) is 11.1. The monoisotopic (exact) mass is 452 g/mol. The number of carbonyl (C=O) groups excluding carboxylic acids is 3. The third kappa shape index (κ3) is 2.80. The van der Waals surface area contributed by atoms with Crippen LogP contribution in [0.3, 0.4) is 0 Å². The van der Waals surface area contributed by atoms with Crippen molar-refractivity contribution in [1.82, 2.24) is 0 Å². The van der Waals surface area contributed by atoms with Crippen molar-refractivity contribution in [3.8, 4) is 0 Å². The largest absolute Gasteiger partial charge is 0.322 e. The summed E-state index contributed by atoms with van der Waals surface area (Å²) in [5, 5.41) is 3.52. The minimum absolute atomic E-state index is 0.104. The van der Waals surface area contributed by atoms with E-state index in [0.717, 1.165) is 6.42 Å². The number of nitrogens with zero attached hydrogens (tertiary/aromatic N) is 1. The standard InChI is InChI=1S/C24H18Cl2N2O3/c25-18-8-3-12(9-19(18)26)27-22(29)11-1-4-13(5-2-11)28-23(30)20-14-6-7-15(17-10-16(14)17)21(20)24(28)31/h1-9,14-17,20-21H,10H2,(H,27,29)/t14-,15-,16-,17+,20-,21+/m0/s1. The third-order valence-corrected chi connectivity index (χ3v) is 7.97. The molecule has 6 atom stereocenters. The fourth-order valence-electron chi connectivity index (χ4n) is 5.75. The second-order valence-electron chi connectivity index (χ2n) is 8.80. The summed E-state index contributed by atoms with van der Waals surface area (Å²) in [6, 6.07) is 11.4. The normalized spacial score (nSPS) is 32.1. The van der Waals surface area contributed by atoms with E-state index >= 15 is 0 Å². The molecule has 1 saturated heterocycles. The van der Waals surface area contributed by atoms with Gasteiger partial charge in [-0.1, -0.05) is 35.4 Å². The minimum atomic E-state index is -0.319. The highest BCUT2D eigenvalue weighted by molar-refractivity contribution is 6.42. The van der Waals surface area contributed by atoms with Crippen LogP contribution in [-0.2, 0) is 9.59 Å². The van der Waals surface area contributed by atoms with Gasteiger partial charge in [0, 0.05) is 11.3 Å². The number of benzene rings is 2. The summed E-state index contributed by atoms with van der Waals surface area (Å²) >= 11 is 11.9. The molecule has 0 aromatic heterocycles. The van der Waals surface area contributed by atoms with Crippen molar-refractivity contribution in [3.05, 3.63) is 70.2 Å². The molecular formula is C24H18Cl2N2O3. The highest BCUT2D eigenvalue weighted by atomic mass is 35.5. The number of halogens is 2. The zero-order valence-corrected chi connectivity index (χ0v) is 17.8. The number of allylic oxidation sites excluding steroid dienone is 2. The van der Waals surface area contributed by atoms with E-state index in [1.54, 1.807) is 42.5 Å². The summed E-state index contributed by atoms with van der Waals surface area (Å²) in [6.07, 6.45) is 5.45. The van der Waals surface area contributed by atoms with Crippen LogP contribution in [0.4, 0.5) is 11.4 Å². The van der Waals surface area contributed by atoms with Crippen molar-refractivity contribution in [2.75, 3.05) is 10.2 Å². The number of amides is 3. The van der Waals surface area contributed by atoms with Crippen molar-refractivity contribution in [1.29, 1.82) is 0 Å². The van der Waals surface area contributed by atoms with Gasteiger partial charge in [-0.25, -0.2) is 0 Å². The van der Waals surface area contributed by atoms with Crippen molar-refractivity contribution >= 4 is 52.3 Å². The molecule has 5 aliphatic rings. The first-order valence-electron chi connectivity index (χ1n) is 10.4. The molecule has 0 unspecified atom stereocenters. The SMILES string of the molecule is O=C(Nc1ccc(Cl)c(Cl)c1)c1ccc(N2C(=O)[C@@H]3[C@H]4C=C[C@@H]([C@@H]5C[C@H]45)[C@@H]3C2=O)cc1. The molecule has 1 aliphatic heterocycles. The summed E-state index contributed by atoms with van der Waals surface area (Å²) < 4.78 is 0. The molecule has 7 heteroatoms. The second kappa shape index (κ2) is 6.68. The van der Waals surface area contributed by atoms with Gasteiger partial charge >= 0.3 is 0 Å². The molecular weight excluding hydrogens is 435 g/mol. The lowest BCUT2D eigenvalue weighted by atomic mass is 9.63. The average Bonchev–Trinajstić information content (AvgIpc) is 3.54. The van der Waals surface area contributed by atoms with Gasteiger partial charge in [0.2, 0.25) is 11.8 Å². The van der Waals surface area contributed by atoms with Gasteiger partial charge in [0.1, 0.15) is 0 Å². The molecule has 4 aliphatic carbocycles. The van der Waals surface area contributed by atoms with Crippen molar-refractivity contribution < 1.29 is 14.4 Å². The van der Waals surface area contributed by atoms with Gasteiger partial charge in [-0.05, 0) is 72.6 Å². The third-order valence-electron chi connectivity index (χ3n) is 7.23. The number of imide groups is 1. The fourth-order valence-corrected chi connectivity index (χ4v) is 6.05. The molecule has 2 aromatic carbocycles. The minimum Gasteiger partial charge on any atom is -0.322 e. The number of hydrogen-bond acceptors (Lipinski definition) is 3. The zero-order chi connectivity index (χ0) is 21.4. The van der Waals surface area contributed by atoms with Gasteiger partial charge in [0.15, 0.2) is 0 Å². The highest BCUT2D eigenvalue weighted by Crippen LogP contribution is 2.65. The van der Waals surface area contributed by atoms with E-state index < -0.39 is 0 Å². The van der Waals surface area contributed by atoms with Crippen molar-refractivity contribution in [2.24, 2.45) is 35.5 Å². The van der Waals surface area contributed by atoms with E-state index in [9.17, 15) is 14.4 Å². The van der Waals surface area contributed by atoms with Crippen LogP contribution in [0.5, 0.6) is 0 Å². The molecule has 2 bridgehead atoms. The lowest BCUT2D eigenvalue weighted by molar-refractivity contribution is -0.124. The van der Waals surface area contributed by atoms with Crippen LogP contribution in [-0.4, -0.2) is 17.7 Å². The Morgan fingerprint density at radius 1 is 0.871 bits per heavy atom. The van der Waals surface area contributed by atoms with Gasteiger partial charge in [0.05, 0.1) is 27.6 Å². The summed E-state index contributed by atoms with van der Waals surface area (Å²) in [6.45, 7) is 0. The molecule has 1 N–H and O–H groups in total. The van der Waals surface area contributed by atoms with E-state index in [-0.39, 0.29) is 41.4 Å². The highest BCUT2D eigenvalue weighted by Gasteiger charge is 2.67. The Morgan fingerprint density at radius 2 is 1.48 bits per heavy atom. The Balaban J connectivity index is 1.22. The molecule has 1 heterocycles. The predicted molar refractivity (Wildman–Crippen MR) is 118 cm³/mol. The number of carbonyl (C=O) groups is 3. The molecule has 5 nitrogen and oxygen atoms in total. The Bertz CT molecular complexity index is 1140.